The molecule has 0 bridgehead atoms. The van der Waals surface area contributed by atoms with E-state index in [1.165, 1.54) is 6.33 Å². The maximum atomic E-state index is 5.95. The van der Waals surface area contributed by atoms with E-state index in [0.29, 0.717) is 15.2 Å². The first kappa shape index (κ1) is 11.6. The Labute approximate surface area is 108 Å². The molecule has 0 N–H and O–H groups in total. The van der Waals surface area contributed by atoms with Crippen LogP contribution < -0.4 is 0 Å². The minimum absolute atomic E-state index is 0.441. The molecule has 16 heavy (non-hydrogen) atoms. The first-order valence-corrected chi connectivity index (χ1v) is 5.65. The van der Waals surface area contributed by atoms with Crippen LogP contribution in [0.1, 0.15) is 5.56 Å². The molecule has 0 aliphatic carbocycles. The molecule has 1 aromatic heterocycles. The Morgan fingerprint density at radius 3 is 2.44 bits per heavy atom. The van der Waals surface area contributed by atoms with Gasteiger partial charge in [-0.15, -0.1) is 0 Å². The number of aromatic nitrogens is 2. The second-order valence-corrected chi connectivity index (χ2v) is 4.44. The highest BCUT2D eigenvalue weighted by Gasteiger charge is 2.08. The number of hydrogen-bond donors (Lipinski definition) is 0. The zero-order chi connectivity index (χ0) is 11.7. The second-order valence-electron chi connectivity index (χ2n) is 3.27. The van der Waals surface area contributed by atoms with E-state index in [1.807, 2.05) is 13.0 Å². The number of hydrogen-bond acceptors (Lipinski definition) is 2. The van der Waals surface area contributed by atoms with Crippen molar-refractivity contribution in [1.82, 2.24) is 9.97 Å². The van der Waals surface area contributed by atoms with Crippen molar-refractivity contribution in [2.45, 2.75) is 6.92 Å². The lowest BCUT2D eigenvalue weighted by Gasteiger charge is -2.06. The summed E-state index contributed by atoms with van der Waals surface area (Å²) in [5.41, 5.74) is 2.46. The van der Waals surface area contributed by atoms with E-state index in [0.717, 1.165) is 16.8 Å². The Bertz CT molecular complexity index is 541. The van der Waals surface area contributed by atoms with Crippen LogP contribution in [0.5, 0.6) is 0 Å². The monoisotopic (exact) mass is 272 g/mol. The molecule has 1 heterocycles. The van der Waals surface area contributed by atoms with Crippen molar-refractivity contribution in [2.24, 2.45) is 0 Å². The van der Waals surface area contributed by atoms with Crippen LogP contribution in [0.4, 0.5) is 0 Å². The molecule has 0 spiro atoms. The molecule has 2 aromatic rings. The van der Waals surface area contributed by atoms with Gasteiger partial charge in [0.15, 0.2) is 0 Å². The summed E-state index contributed by atoms with van der Waals surface area (Å²) in [4.78, 5) is 8.08. The topological polar surface area (TPSA) is 25.8 Å². The maximum Gasteiger partial charge on any atom is 0.135 e. The molecular weight excluding hydrogens is 266 g/mol. The fraction of sp³-hybridized carbons (Fsp3) is 0.0909. The number of benzene rings is 1. The fourth-order valence-electron chi connectivity index (χ4n) is 1.36. The molecule has 0 unspecified atom stereocenters. The van der Waals surface area contributed by atoms with Gasteiger partial charge in [0.2, 0.25) is 0 Å². The first-order valence-electron chi connectivity index (χ1n) is 4.52. The van der Waals surface area contributed by atoms with Crippen molar-refractivity contribution in [1.29, 1.82) is 0 Å². The van der Waals surface area contributed by atoms with E-state index < -0.39 is 0 Å². The Morgan fingerprint density at radius 2 is 1.75 bits per heavy atom. The Hall–Kier alpha value is -0.830. The van der Waals surface area contributed by atoms with E-state index in [1.54, 1.807) is 12.1 Å². The highest BCUT2D eigenvalue weighted by atomic mass is 35.5. The van der Waals surface area contributed by atoms with Crippen LogP contribution in [-0.4, -0.2) is 9.97 Å². The average molecular weight is 274 g/mol. The van der Waals surface area contributed by atoms with Crippen LogP contribution in [0.2, 0.25) is 15.2 Å². The highest BCUT2D eigenvalue weighted by molar-refractivity contribution is 6.42. The van der Waals surface area contributed by atoms with Crippen LogP contribution in [0.15, 0.2) is 24.5 Å². The van der Waals surface area contributed by atoms with Gasteiger partial charge < -0.3 is 0 Å². The lowest BCUT2D eigenvalue weighted by Crippen LogP contribution is -1.91. The summed E-state index contributed by atoms with van der Waals surface area (Å²) < 4.78 is 0. The molecule has 2 rings (SSSR count). The number of halogens is 3. The summed E-state index contributed by atoms with van der Waals surface area (Å²) >= 11 is 17.7. The molecule has 0 atom stereocenters. The Morgan fingerprint density at radius 1 is 1.00 bits per heavy atom. The lowest BCUT2D eigenvalue weighted by atomic mass is 10.1. The summed E-state index contributed by atoms with van der Waals surface area (Å²) in [7, 11) is 0. The van der Waals surface area contributed by atoms with Crippen molar-refractivity contribution in [3.8, 4) is 11.3 Å². The molecule has 0 radical (unpaired) electrons. The van der Waals surface area contributed by atoms with Gasteiger partial charge in [-0.1, -0.05) is 40.9 Å². The van der Waals surface area contributed by atoms with Gasteiger partial charge in [-0.05, 0) is 19.1 Å². The van der Waals surface area contributed by atoms with Crippen molar-refractivity contribution in [3.63, 3.8) is 0 Å². The van der Waals surface area contributed by atoms with Crippen molar-refractivity contribution < 1.29 is 0 Å². The van der Waals surface area contributed by atoms with Gasteiger partial charge in [0, 0.05) is 11.1 Å². The molecule has 2 nitrogen and oxygen atoms in total. The van der Waals surface area contributed by atoms with Crippen LogP contribution in [0.3, 0.4) is 0 Å². The summed E-state index contributed by atoms with van der Waals surface area (Å²) in [6.07, 6.45) is 1.42. The molecular formula is C11H7Cl3N2. The summed E-state index contributed by atoms with van der Waals surface area (Å²) in [5, 5.41) is 1.45. The van der Waals surface area contributed by atoms with Gasteiger partial charge in [0.25, 0.3) is 0 Å². The molecule has 0 saturated heterocycles. The molecule has 0 aliphatic heterocycles. The fourth-order valence-corrected chi connectivity index (χ4v) is 1.79. The molecule has 5 heteroatoms. The van der Waals surface area contributed by atoms with Gasteiger partial charge in [-0.25, -0.2) is 9.97 Å². The van der Waals surface area contributed by atoms with E-state index in [4.69, 9.17) is 34.8 Å². The average Bonchev–Trinajstić information content (AvgIpc) is 2.26. The third kappa shape index (κ3) is 2.14. The molecule has 0 saturated carbocycles. The lowest BCUT2D eigenvalue weighted by molar-refractivity contribution is 1.13. The molecule has 0 aliphatic rings. The van der Waals surface area contributed by atoms with E-state index in [-0.39, 0.29) is 0 Å². The predicted octanol–water partition coefficient (Wildman–Crippen LogP) is 4.41. The third-order valence-electron chi connectivity index (χ3n) is 2.22. The van der Waals surface area contributed by atoms with Crippen LogP contribution in [0, 0.1) is 6.92 Å². The SMILES string of the molecule is Cc1c(Cl)ncnc1-c1ccc(Cl)c(Cl)c1. The number of rotatable bonds is 1. The number of nitrogens with zero attached hydrogens (tertiary/aromatic N) is 2. The molecule has 0 amide bonds. The molecule has 0 fully saturated rings. The van der Waals surface area contributed by atoms with Gasteiger partial charge in [0.05, 0.1) is 15.7 Å². The smallest absolute Gasteiger partial charge is 0.135 e. The summed E-state index contributed by atoms with van der Waals surface area (Å²) in [5.74, 6) is 0. The third-order valence-corrected chi connectivity index (χ3v) is 3.34. The van der Waals surface area contributed by atoms with Crippen LogP contribution in [0.25, 0.3) is 11.3 Å². The summed E-state index contributed by atoms with van der Waals surface area (Å²) in [6.45, 7) is 1.86. The molecule has 1 aromatic carbocycles. The highest BCUT2D eigenvalue weighted by Crippen LogP contribution is 2.30. The van der Waals surface area contributed by atoms with Gasteiger partial charge in [-0.2, -0.15) is 0 Å². The minimum Gasteiger partial charge on any atom is -0.236 e. The normalized spacial score (nSPS) is 10.5. The first-order chi connectivity index (χ1) is 7.59. The minimum atomic E-state index is 0.441. The maximum absolute atomic E-state index is 5.95. The van der Waals surface area contributed by atoms with E-state index >= 15 is 0 Å². The van der Waals surface area contributed by atoms with Crippen molar-refractivity contribution in [2.75, 3.05) is 0 Å². The zero-order valence-corrected chi connectivity index (χ0v) is 10.6. The Kier molecular flexibility index (Phi) is 3.33. The van der Waals surface area contributed by atoms with Crippen molar-refractivity contribution >= 4 is 34.8 Å². The Balaban J connectivity index is 2.59. The standard InChI is InChI=1S/C11H7Cl3N2/c1-6-10(15-5-16-11(6)14)7-2-3-8(12)9(13)4-7/h2-5H,1H3. The van der Waals surface area contributed by atoms with Crippen LogP contribution >= 0.6 is 34.8 Å². The van der Waals surface area contributed by atoms with E-state index in [2.05, 4.69) is 9.97 Å². The predicted molar refractivity (Wildman–Crippen MR) is 67.2 cm³/mol. The summed E-state index contributed by atoms with van der Waals surface area (Å²) in [6, 6.07) is 5.34. The quantitative estimate of drug-likeness (QED) is 0.719. The van der Waals surface area contributed by atoms with Gasteiger partial charge in [-0.3, -0.25) is 0 Å². The van der Waals surface area contributed by atoms with Gasteiger partial charge in [0.1, 0.15) is 11.5 Å². The zero-order valence-electron chi connectivity index (χ0n) is 8.34. The van der Waals surface area contributed by atoms with Crippen molar-refractivity contribution in [3.05, 3.63) is 45.3 Å². The van der Waals surface area contributed by atoms with Crippen LogP contribution in [-0.2, 0) is 0 Å². The van der Waals surface area contributed by atoms with Gasteiger partial charge >= 0.3 is 0 Å². The largest absolute Gasteiger partial charge is 0.236 e. The van der Waals surface area contributed by atoms with E-state index in [9.17, 15) is 0 Å². The molecule has 82 valence electrons. The second kappa shape index (κ2) is 4.58.